The Balaban J connectivity index is 3.90. The Morgan fingerprint density at radius 1 is 1.19 bits per heavy atom. The summed E-state index contributed by atoms with van der Waals surface area (Å²) in [5.74, 6) is 1.58. The fourth-order valence-electron chi connectivity index (χ4n) is 1.81. The van der Waals surface area contributed by atoms with Gasteiger partial charge in [-0.2, -0.15) is 0 Å². The second-order valence-corrected chi connectivity index (χ2v) is 4.98. The minimum atomic E-state index is 0.207. The lowest BCUT2D eigenvalue weighted by molar-refractivity contribution is -0.125. The summed E-state index contributed by atoms with van der Waals surface area (Å²) in [7, 11) is 0. The van der Waals surface area contributed by atoms with Gasteiger partial charge in [-0.1, -0.05) is 33.6 Å². The SMILES string of the molecule is CCCC(CCC)C(=O)NCC(C)CCCl. The van der Waals surface area contributed by atoms with E-state index in [4.69, 9.17) is 11.6 Å². The zero-order chi connectivity index (χ0) is 12.4. The lowest BCUT2D eigenvalue weighted by Crippen LogP contribution is -2.34. The second kappa shape index (κ2) is 9.95. The van der Waals surface area contributed by atoms with Crippen molar-refractivity contribution in [2.24, 2.45) is 11.8 Å². The average molecular weight is 248 g/mol. The number of nitrogens with one attached hydrogen (secondary N) is 1. The summed E-state index contributed by atoms with van der Waals surface area (Å²) < 4.78 is 0. The maximum Gasteiger partial charge on any atom is 0.223 e. The molecular formula is C13H26ClNO. The van der Waals surface area contributed by atoms with Gasteiger partial charge in [-0.15, -0.1) is 11.6 Å². The molecule has 0 aromatic carbocycles. The molecular weight excluding hydrogens is 222 g/mol. The first-order valence-electron chi connectivity index (χ1n) is 6.49. The molecule has 0 rings (SSSR count). The standard InChI is InChI=1S/C13H26ClNO/c1-4-6-12(7-5-2)13(16)15-10-11(3)8-9-14/h11-12H,4-10H2,1-3H3,(H,15,16). The molecule has 1 N–H and O–H groups in total. The fourth-order valence-corrected chi connectivity index (χ4v) is 2.18. The first-order chi connectivity index (χ1) is 7.65. The van der Waals surface area contributed by atoms with Gasteiger partial charge >= 0.3 is 0 Å². The summed E-state index contributed by atoms with van der Waals surface area (Å²) in [6.45, 7) is 7.14. The highest BCUT2D eigenvalue weighted by atomic mass is 35.5. The summed E-state index contributed by atoms with van der Waals surface area (Å²) >= 11 is 5.66. The molecule has 0 saturated carbocycles. The van der Waals surface area contributed by atoms with Gasteiger partial charge in [0.05, 0.1) is 0 Å². The van der Waals surface area contributed by atoms with E-state index in [9.17, 15) is 4.79 Å². The van der Waals surface area contributed by atoms with Crippen LogP contribution in [0.3, 0.4) is 0 Å². The molecule has 2 nitrogen and oxygen atoms in total. The van der Waals surface area contributed by atoms with Gasteiger partial charge in [-0.3, -0.25) is 4.79 Å². The number of carbonyl (C=O) groups is 1. The molecule has 0 aliphatic rings. The van der Waals surface area contributed by atoms with Gasteiger partial charge in [-0.25, -0.2) is 0 Å². The van der Waals surface area contributed by atoms with E-state index in [1.54, 1.807) is 0 Å². The van der Waals surface area contributed by atoms with Crippen LogP contribution in [0.4, 0.5) is 0 Å². The Kier molecular flexibility index (Phi) is 9.80. The third kappa shape index (κ3) is 7.10. The predicted molar refractivity (Wildman–Crippen MR) is 70.8 cm³/mol. The van der Waals surface area contributed by atoms with E-state index >= 15 is 0 Å². The van der Waals surface area contributed by atoms with Crippen molar-refractivity contribution in [2.75, 3.05) is 12.4 Å². The monoisotopic (exact) mass is 247 g/mol. The average Bonchev–Trinajstić information content (AvgIpc) is 2.26. The minimum Gasteiger partial charge on any atom is -0.356 e. The van der Waals surface area contributed by atoms with Gasteiger partial charge in [0.25, 0.3) is 0 Å². The summed E-state index contributed by atoms with van der Waals surface area (Å²) in [6.07, 6.45) is 5.13. The summed E-state index contributed by atoms with van der Waals surface area (Å²) in [5, 5.41) is 3.04. The molecule has 0 radical (unpaired) electrons. The molecule has 0 aromatic rings. The quantitative estimate of drug-likeness (QED) is 0.620. The van der Waals surface area contributed by atoms with E-state index in [1.165, 1.54) is 0 Å². The molecule has 0 aromatic heterocycles. The Morgan fingerprint density at radius 2 is 1.75 bits per heavy atom. The van der Waals surface area contributed by atoms with Crippen molar-refractivity contribution in [3.8, 4) is 0 Å². The smallest absolute Gasteiger partial charge is 0.223 e. The molecule has 0 aliphatic heterocycles. The van der Waals surface area contributed by atoms with Crippen LogP contribution in [-0.4, -0.2) is 18.3 Å². The van der Waals surface area contributed by atoms with E-state index in [-0.39, 0.29) is 11.8 Å². The van der Waals surface area contributed by atoms with Gasteiger partial charge in [0.15, 0.2) is 0 Å². The molecule has 0 heterocycles. The number of hydrogen-bond donors (Lipinski definition) is 1. The van der Waals surface area contributed by atoms with Gasteiger partial charge < -0.3 is 5.32 Å². The van der Waals surface area contributed by atoms with Crippen LogP contribution < -0.4 is 5.32 Å². The largest absolute Gasteiger partial charge is 0.356 e. The summed E-state index contributed by atoms with van der Waals surface area (Å²) in [4.78, 5) is 11.9. The minimum absolute atomic E-state index is 0.207. The molecule has 3 heteroatoms. The van der Waals surface area contributed by atoms with Crippen molar-refractivity contribution >= 4 is 17.5 Å². The molecule has 0 fully saturated rings. The zero-order valence-corrected chi connectivity index (χ0v) is 11.6. The Bertz CT molecular complexity index is 179. The predicted octanol–water partition coefficient (Wildman–Crippen LogP) is 3.58. The Labute approximate surface area is 105 Å². The Hall–Kier alpha value is -0.240. The van der Waals surface area contributed by atoms with Crippen molar-refractivity contribution in [3.05, 3.63) is 0 Å². The van der Waals surface area contributed by atoms with Gasteiger partial charge in [-0.05, 0) is 25.2 Å². The first-order valence-corrected chi connectivity index (χ1v) is 7.02. The molecule has 1 unspecified atom stereocenters. The highest BCUT2D eigenvalue weighted by Gasteiger charge is 2.16. The number of amides is 1. The van der Waals surface area contributed by atoms with E-state index in [0.29, 0.717) is 11.8 Å². The highest BCUT2D eigenvalue weighted by molar-refractivity contribution is 6.17. The van der Waals surface area contributed by atoms with Gasteiger partial charge in [0.2, 0.25) is 5.91 Å². The topological polar surface area (TPSA) is 29.1 Å². The van der Waals surface area contributed by atoms with Crippen molar-refractivity contribution in [1.29, 1.82) is 0 Å². The van der Waals surface area contributed by atoms with E-state index in [1.807, 2.05) is 0 Å². The van der Waals surface area contributed by atoms with Crippen molar-refractivity contribution < 1.29 is 4.79 Å². The molecule has 0 saturated heterocycles. The van der Waals surface area contributed by atoms with Crippen LogP contribution in [0.25, 0.3) is 0 Å². The lowest BCUT2D eigenvalue weighted by atomic mass is 9.97. The molecule has 96 valence electrons. The fraction of sp³-hybridized carbons (Fsp3) is 0.923. The molecule has 0 spiro atoms. The maximum atomic E-state index is 11.9. The van der Waals surface area contributed by atoms with E-state index in [0.717, 1.165) is 38.6 Å². The molecule has 1 amide bonds. The van der Waals surface area contributed by atoms with Crippen molar-refractivity contribution in [2.45, 2.75) is 52.9 Å². The molecule has 0 bridgehead atoms. The molecule has 1 atom stereocenters. The second-order valence-electron chi connectivity index (χ2n) is 4.60. The summed E-state index contributed by atoms with van der Waals surface area (Å²) in [5.41, 5.74) is 0. The number of alkyl halides is 1. The number of halogens is 1. The number of hydrogen-bond acceptors (Lipinski definition) is 1. The summed E-state index contributed by atoms with van der Waals surface area (Å²) in [6, 6.07) is 0. The number of carbonyl (C=O) groups excluding carboxylic acids is 1. The van der Waals surface area contributed by atoms with Crippen LogP contribution in [-0.2, 0) is 4.79 Å². The van der Waals surface area contributed by atoms with Crippen LogP contribution in [0.2, 0.25) is 0 Å². The van der Waals surface area contributed by atoms with Crippen LogP contribution in [0.15, 0.2) is 0 Å². The normalized spacial score (nSPS) is 12.8. The molecule has 16 heavy (non-hydrogen) atoms. The van der Waals surface area contributed by atoms with E-state index < -0.39 is 0 Å². The van der Waals surface area contributed by atoms with Crippen LogP contribution >= 0.6 is 11.6 Å². The Morgan fingerprint density at radius 3 is 2.19 bits per heavy atom. The highest BCUT2D eigenvalue weighted by Crippen LogP contribution is 2.13. The number of rotatable bonds is 9. The van der Waals surface area contributed by atoms with Crippen LogP contribution in [0.5, 0.6) is 0 Å². The van der Waals surface area contributed by atoms with Crippen LogP contribution in [0.1, 0.15) is 52.9 Å². The van der Waals surface area contributed by atoms with Crippen LogP contribution in [0, 0.1) is 11.8 Å². The van der Waals surface area contributed by atoms with Gasteiger partial charge in [0.1, 0.15) is 0 Å². The van der Waals surface area contributed by atoms with E-state index in [2.05, 4.69) is 26.1 Å². The third-order valence-electron chi connectivity index (χ3n) is 2.87. The third-order valence-corrected chi connectivity index (χ3v) is 3.09. The zero-order valence-electron chi connectivity index (χ0n) is 10.9. The van der Waals surface area contributed by atoms with Crippen molar-refractivity contribution in [3.63, 3.8) is 0 Å². The van der Waals surface area contributed by atoms with Crippen molar-refractivity contribution in [1.82, 2.24) is 5.32 Å². The maximum absolute atomic E-state index is 11.9. The van der Waals surface area contributed by atoms with Gasteiger partial charge in [0, 0.05) is 18.3 Å². The molecule has 0 aliphatic carbocycles. The first kappa shape index (κ1) is 15.8. The lowest BCUT2D eigenvalue weighted by Gasteiger charge is -2.17.